The van der Waals surface area contributed by atoms with Gasteiger partial charge in [0.05, 0.1) is 6.66 Å². The maximum Gasteiger partial charge on any atom is 2.00 e. The van der Waals surface area contributed by atoms with Crippen molar-refractivity contribution in [2.24, 2.45) is 0 Å². The third-order valence-electron chi connectivity index (χ3n) is 3.82. The zero-order valence-electron chi connectivity index (χ0n) is 12.7. The van der Waals surface area contributed by atoms with Crippen LogP contribution in [-0.4, -0.2) is 6.66 Å². The van der Waals surface area contributed by atoms with Crippen LogP contribution in [0.4, 0.5) is 0 Å². The molecule has 0 nitrogen and oxygen atoms in total. The Bertz CT molecular complexity index is 579. The molecule has 0 N–H and O–H groups in total. The summed E-state index contributed by atoms with van der Waals surface area (Å²) in [6.45, 7) is 2.41. The summed E-state index contributed by atoms with van der Waals surface area (Å²) in [7, 11) is -1.53. The van der Waals surface area contributed by atoms with Gasteiger partial charge < -0.3 is 34.0 Å². The molecule has 0 aromatic heterocycles. The zero-order chi connectivity index (χ0) is 13.8. The van der Waals surface area contributed by atoms with Crippen molar-refractivity contribution in [2.45, 2.75) is 0 Å². The van der Waals surface area contributed by atoms with E-state index in [0.29, 0.717) is 0 Å². The van der Waals surface area contributed by atoms with E-state index in [1.807, 2.05) is 0 Å². The van der Waals surface area contributed by atoms with E-state index in [4.69, 9.17) is 0 Å². The van der Waals surface area contributed by atoms with E-state index < -0.39 is 7.26 Å². The summed E-state index contributed by atoms with van der Waals surface area (Å²) in [6.07, 6.45) is 0. The molecule has 0 amide bonds. The molecule has 0 bridgehead atoms. The van der Waals surface area contributed by atoms with Crippen LogP contribution in [0.2, 0.25) is 0 Å². The summed E-state index contributed by atoms with van der Waals surface area (Å²) < 4.78 is 0. The number of rotatable bonds is 3. The predicted octanol–water partition coefficient (Wildman–Crippen LogP) is -2.38. The molecule has 0 unspecified atom stereocenters. The first-order chi connectivity index (χ1) is 9.82. The summed E-state index contributed by atoms with van der Waals surface area (Å²) in [6, 6.07) is 32.6. The Labute approximate surface area is 171 Å². The van der Waals surface area contributed by atoms with Crippen molar-refractivity contribution in [2.75, 3.05) is 6.66 Å². The van der Waals surface area contributed by atoms with E-state index in [0.717, 1.165) is 0 Å². The van der Waals surface area contributed by atoms with Gasteiger partial charge in [0, 0.05) is 0 Å². The predicted molar refractivity (Wildman–Crippen MR) is 91.1 cm³/mol. The molecule has 3 aromatic rings. The van der Waals surface area contributed by atoms with Crippen molar-refractivity contribution in [1.82, 2.24) is 0 Å². The molecule has 119 valence electrons. The van der Waals surface area contributed by atoms with Crippen LogP contribution in [0, 0.1) is 0 Å². The SMILES string of the molecule is C[P+](c1ccccc1)(c1ccccc1)c1ccccc1.[Br-].[Br-].[Mn+2]. The summed E-state index contributed by atoms with van der Waals surface area (Å²) in [4.78, 5) is 0. The van der Waals surface area contributed by atoms with Crippen molar-refractivity contribution >= 4 is 23.2 Å². The first-order valence-electron chi connectivity index (χ1n) is 6.85. The molecule has 3 aromatic carbocycles. The fourth-order valence-corrected chi connectivity index (χ4v) is 5.83. The van der Waals surface area contributed by atoms with Crippen molar-refractivity contribution in [1.29, 1.82) is 0 Å². The van der Waals surface area contributed by atoms with Crippen LogP contribution in [0.15, 0.2) is 91.0 Å². The fraction of sp³-hybridized carbons (Fsp3) is 0.0526. The summed E-state index contributed by atoms with van der Waals surface area (Å²) in [5, 5.41) is 4.28. The van der Waals surface area contributed by atoms with Gasteiger partial charge in [-0.15, -0.1) is 0 Å². The molecule has 1 radical (unpaired) electrons. The van der Waals surface area contributed by atoms with Gasteiger partial charge in [-0.1, -0.05) is 54.6 Å². The average molecular weight is 492 g/mol. The van der Waals surface area contributed by atoms with Crippen LogP contribution in [0.1, 0.15) is 0 Å². The monoisotopic (exact) mass is 490 g/mol. The minimum atomic E-state index is -1.53. The van der Waals surface area contributed by atoms with Crippen LogP contribution < -0.4 is 49.9 Å². The molecule has 0 aliphatic rings. The largest absolute Gasteiger partial charge is 2.00 e. The zero-order valence-corrected chi connectivity index (χ0v) is 18.0. The van der Waals surface area contributed by atoms with Crippen LogP contribution in [0.5, 0.6) is 0 Å². The molecule has 0 heterocycles. The molecule has 0 atom stereocenters. The Kier molecular flexibility index (Phi) is 10.2. The first kappa shape index (κ1) is 22.6. The van der Waals surface area contributed by atoms with E-state index in [9.17, 15) is 0 Å². The standard InChI is InChI=1S/C19H18P.2BrH.Mn/c1-20(17-11-5-2-6-12-17,18-13-7-3-8-14-18)19-15-9-4-10-16-19;;;/h2-16H,1H3;2*1H;/q+1;;;+2/p-2. The van der Waals surface area contributed by atoms with Gasteiger partial charge in [-0.3, -0.25) is 0 Å². The molecule has 23 heavy (non-hydrogen) atoms. The van der Waals surface area contributed by atoms with Gasteiger partial charge in [-0.2, -0.15) is 0 Å². The van der Waals surface area contributed by atoms with Gasteiger partial charge in [-0.25, -0.2) is 0 Å². The molecular weight excluding hydrogens is 474 g/mol. The van der Waals surface area contributed by atoms with Crippen LogP contribution in [0.25, 0.3) is 0 Å². The number of benzene rings is 3. The van der Waals surface area contributed by atoms with Crippen molar-refractivity contribution in [3.63, 3.8) is 0 Å². The average Bonchev–Trinajstić information content (AvgIpc) is 2.56. The fourth-order valence-electron chi connectivity index (χ4n) is 2.63. The molecule has 0 spiro atoms. The Morgan fingerprint density at radius 1 is 0.478 bits per heavy atom. The van der Waals surface area contributed by atoms with Gasteiger partial charge in [0.15, 0.2) is 0 Å². The molecule has 0 saturated heterocycles. The Morgan fingerprint density at radius 3 is 0.913 bits per heavy atom. The number of hydrogen-bond acceptors (Lipinski definition) is 0. The van der Waals surface area contributed by atoms with Crippen molar-refractivity contribution < 1.29 is 51.0 Å². The molecule has 3 rings (SSSR count). The van der Waals surface area contributed by atoms with E-state index >= 15 is 0 Å². The van der Waals surface area contributed by atoms with E-state index in [1.54, 1.807) is 0 Å². The van der Waals surface area contributed by atoms with Gasteiger partial charge in [0.1, 0.15) is 23.2 Å². The molecule has 4 heteroatoms. The second kappa shape index (κ2) is 10.4. The topological polar surface area (TPSA) is 0 Å². The molecule has 0 saturated carbocycles. The van der Waals surface area contributed by atoms with Crippen molar-refractivity contribution in [3.05, 3.63) is 91.0 Å². The van der Waals surface area contributed by atoms with Gasteiger partial charge in [-0.05, 0) is 36.4 Å². The number of halogens is 2. The van der Waals surface area contributed by atoms with Crippen LogP contribution >= 0.6 is 7.26 Å². The van der Waals surface area contributed by atoms with Gasteiger partial charge in [0.25, 0.3) is 0 Å². The maximum absolute atomic E-state index is 2.41. The Morgan fingerprint density at radius 2 is 0.696 bits per heavy atom. The van der Waals surface area contributed by atoms with Crippen LogP contribution in [0.3, 0.4) is 0 Å². The van der Waals surface area contributed by atoms with Gasteiger partial charge in [0.2, 0.25) is 0 Å². The summed E-state index contributed by atoms with van der Waals surface area (Å²) in [5.74, 6) is 0. The maximum atomic E-state index is 2.41. The molecular formula is C19H18Br2MnP+. The molecule has 0 aliphatic carbocycles. The second-order valence-electron chi connectivity index (χ2n) is 5.01. The third kappa shape index (κ3) is 4.78. The minimum absolute atomic E-state index is 0. The third-order valence-corrected chi connectivity index (χ3v) is 7.81. The Balaban J connectivity index is 0.00000161. The van der Waals surface area contributed by atoms with E-state index in [1.165, 1.54) is 15.9 Å². The van der Waals surface area contributed by atoms with Gasteiger partial charge >= 0.3 is 17.1 Å². The molecule has 0 aliphatic heterocycles. The summed E-state index contributed by atoms with van der Waals surface area (Å²) >= 11 is 0. The van der Waals surface area contributed by atoms with E-state index in [2.05, 4.69) is 97.7 Å². The summed E-state index contributed by atoms with van der Waals surface area (Å²) in [5.41, 5.74) is 0. The number of hydrogen-bond donors (Lipinski definition) is 0. The normalized spacial score (nSPS) is 9.78. The van der Waals surface area contributed by atoms with Crippen molar-refractivity contribution in [3.8, 4) is 0 Å². The van der Waals surface area contributed by atoms with Crippen LogP contribution in [-0.2, 0) is 17.1 Å². The molecule has 0 fully saturated rings. The Hall–Kier alpha value is -0.431. The quantitative estimate of drug-likeness (QED) is 0.283. The second-order valence-corrected chi connectivity index (χ2v) is 8.57. The smallest absolute Gasteiger partial charge is 1.00 e. The minimum Gasteiger partial charge on any atom is -1.00 e. The van der Waals surface area contributed by atoms with E-state index in [-0.39, 0.29) is 51.0 Å². The first-order valence-corrected chi connectivity index (χ1v) is 9.09.